The highest BCUT2D eigenvalue weighted by Gasteiger charge is 2.36. The standard InChI is InChI=1S/C12H23NO8/c1-5(2)7(12(20)21-3)13-11(19)10(18)9(17)8(16)6(15)4-14/h5-10,14-18H,4H2,1-3H3,(H,13,19)/t6-,7?,8-,9+,10-/m1/s1. The summed E-state index contributed by atoms with van der Waals surface area (Å²) in [6.07, 6.45) is -7.76. The first-order valence-electron chi connectivity index (χ1n) is 6.38. The van der Waals surface area contributed by atoms with E-state index in [1.807, 2.05) is 0 Å². The van der Waals surface area contributed by atoms with Gasteiger partial charge in [-0.05, 0) is 5.92 Å². The summed E-state index contributed by atoms with van der Waals surface area (Å²) in [5.74, 6) is -2.18. The maximum Gasteiger partial charge on any atom is 0.328 e. The Labute approximate surface area is 122 Å². The molecule has 6 N–H and O–H groups in total. The predicted molar refractivity (Wildman–Crippen MR) is 69.9 cm³/mol. The second-order valence-corrected chi connectivity index (χ2v) is 4.93. The zero-order valence-electron chi connectivity index (χ0n) is 12.1. The maximum atomic E-state index is 11.8. The van der Waals surface area contributed by atoms with Crippen LogP contribution in [0.4, 0.5) is 0 Å². The van der Waals surface area contributed by atoms with Gasteiger partial charge in [0.15, 0.2) is 6.10 Å². The van der Waals surface area contributed by atoms with Gasteiger partial charge in [-0.1, -0.05) is 13.8 Å². The third kappa shape index (κ3) is 5.56. The van der Waals surface area contributed by atoms with Gasteiger partial charge in [0.25, 0.3) is 5.91 Å². The summed E-state index contributed by atoms with van der Waals surface area (Å²) >= 11 is 0. The number of esters is 1. The molecular weight excluding hydrogens is 286 g/mol. The van der Waals surface area contributed by atoms with Crippen molar-refractivity contribution in [1.82, 2.24) is 5.32 Å². The van der Waals surface area contributed by atoms with Crippen molar-refractivity contribution in [2.24, 2.45) is 5.92 Å². The van der Waals surface area contributed by atoms with Gasteiger partial charge in [-0.25, -0.2) is 4.79 Å². The first kappa shape index (κ1) is 19.7. The van der Waals surface area contributed by atoms with Crippen molar-refractivity contribution in [3.8, 4) is 0 Å². The molecule has 0 bridgehead atoms. The SMILES string of the molecule is COC(=O)C(NC(=O)[C@H](O)[C@@H](O)[C@H](O)[C@H](O)CO)C(C)C. The van der Waals surface area contributed by atoms with E-state index in [0.717, 1.165) is 7.11 Å². The van der Waals surface area contributed by atoms with Gasteiger partial charge >= 0.3 is 5.97 Å². The Morgan fingerprint density at radius 3 is 2.00 bits per heavy atom. The fraction of sp³-hybridized carbons (Fsp3) is 0.833. The van der Waals surface area contributed by atoms with Gasteiger partial charge < -0.3 is 35.6 Å². The second kappa shape index (κ2) is 8.90. The average Bonchev–Trinajstić information content (AvgIpc) is 2.47. The highest BCUT2D eigenvalue weighted by molar-refractivity contribution is 5.87. The molecule has 0 spiro atoms. The van der Waals surface area contributed by atoms with Gasteiger partial charge in [0.05, 0.1) is 13.7 Å². The number of rotatable bonds is 8. The number of carbonyl (C=O) groups excluding carboxylic acids is 2. The predicted octanol–water partition coefficient (Wildman–Crippen LogP) is -3.26. The van der Waals surface area contributed by atoms with Crippen LogP contribution in [0.5, 0.6) is 0 Å². The average molecular weight is 309 g/mol. The molecule has 0 saturated heterocycles. The Morgan fingerprint density at radius 1 is 1.10 bits per heavy atom. The van der Waals surface area contributed by atoms with E-state index in [4.69, 9.17) is 10.2 Å². The molecule has 9 nitrogen and oxygen atoms in total. The lowest BCUT2D eigenvalue weighted by Gasteiger charge is -2.27. The molecule has 0 aliphatic heterocycles. The van der Waals surface area contributed by atoms with Gasteiger partial charge in [-0.3, -0.25) is 4.79 Å². The van der Waals surface area contributed by atoms with Crippen LogP contribution in [0.25, 0.3) is 0 Å². The summed E-state index contributed by atoms with van der Waals surface area (Å²) in [6.45, 7) is 2.41. The summed E-state index contributed by atoms with van der Waals surface area (Å²) < 4.78 is 4.50. The third-order valence-electron chi connectivity index (χ3n) is 2.94. The molecule has 9 heteroatoms. The number of nitrogens with one attached hydrogen (secondary N) is 1. The van der Waals surface area contributed by atoms with Crippen LogP contribution < -0.4 is 5.32 Å². The van der Waals surface area contributed by atoms with Gasteiger partial charge in [0.1, 0.15) is 24.4 Å². The number of aliphatic hydroxyl groups is 5. The summed E-state index contributed by atoms with van der Waals surface area (Å²) in [7, 11) is 1.14. The van der Waals surface area contributed by atoms with Crippen LogP contribution in [0.1, 0.15) is 13.8 Å². The molecule has 0 heterocycles. The van der Waals surface area contributed by atoms with Crippen molar-refractivity contribution in [3.05, 3.63) is 0 Å². The summed E-state index contributed by atoms with van der Waals surface area (Å²) in [4.78, 5) is 23.2. The third-order valence-corrected chi connectivity index (χ3v) is 2.94. The second-order valence-electron chi connectivity index (χ2n) is 4.93. The topological polar surface area (TPSA) is 157 Å². The molecule has 21 heavy (non-hydrogen) atoms. The normalized spacial score (nSPS) is 18.5. The number of hydrogen-bond acceptors (Lipinski definition) is 8. The van der Waals surface area contributed by atoms with Crippen LogP contribution in [-0.4, -0.2) is 81.6 Å². The van der Waals surface area contributed by atoms with Crippen LogP contribution in [0.15, 0.2) is 0 Å². The van der Waals surface area contributed by atoms with Crippen molar-refractivity contribution >= 4 is 11.9 Å². The lowest BCUT2D eigenvalue weighted by molar-refractivity contribution is -0.154. The molecule has 0 aliphatic rings. The van der Waals surface area contributed by atoms with Crippen molar-refractivity contribution in [3.63, 3.8) is 0 Å². The first-order valence-corrected chi connectivity index (χ1v) is 6.38. The molecule has 1 amide bonds. The van der Waals surface area contributed by atoms with Crippen molar-refractivity contribution in [2.75, 3.05) is 13.7 Å². The number of amides is 1. The molecule has 5 atom stereocenters. The molecule has 0 aromatic rings. The Morgan fingerprint density at radius 2 is 1.62 bits per heavy atom. The largest absolute Gasteiger partial charge is 0.467 e. The summed E-state index contributed by atoms with van der Waals surface area (Å²) in [6, 6.07) is -1.04. The van der Waals surface area contributed by atoms with E-state index < -0.39 is 48.9 Å². The van der Waals surface area contributed by atoms with E-state index in [1.165, 1.54) is 0 Å². The lowest BCUT2D eigenvalue weighted by Crippen LogP contribution is -2.55. The Hall–Kier alpha value is -1.26. The number of hydrogen-bond donors (Lipinski definition) is 6. The van der Waals surface area contributed by atoms with Crippen LogP contribution in [0.2, 0.25) is 0 Å². The quantitative estimate of drug-likeness (QED) is 0.255. The smallest absolute Gasteiger partial charge is 0.328 e. The minimum absolute atomic E-state index is 0.335. The highest BCUT2D eigenvalue weighted by atomic mass is 16.5. The number of methoxy groups -OCH3 is 1. The van der Waals surface area contributed by atoms with Crippen LogP contribution in [0.3, 0.4) is 0 Å². The minimum Gasteiger partial charge on any atom is -0.467 e. The van der Waals surface area contributed by atoms with Crippen LogP contribution >= 0.6 is 0 Å². The molecule has 0 saturated carbocycles. The number of ether oxygens (including phenoxy) is 1. The Balaban J connectivity index is 4.80. The Bertz CT molecular complexity index is 348. The molecule has 0 fully saturated rings. The Kier molecular flexibility index (Phi) is 8.37. The maximum absolute atomic E-state index is 11.8. The summed E-state index contributed by atoms with van der Waals surface area (Å²) in [5, 5.41) is 48.5. The van der Waals surface area contributed by atoms with E-state index in [2.05, 4.69) is 10.1 Å². The fourth-order valence-electron chi connectivity index (χ4n) is 1.54. The van der Waals surface area contributed by atoms with E-state index in [9.17, 15) is 24.9 Å². The van der Waals surface area contributed by atoms with E-state index in [1.54, 1.807) is 13.8 Å². The monoisotopic (exact) mass is 309 g/mol. The zero-order chi connectivity index (χ0) is 16.7. The molecule has 124 valence electrons. The number of aliphatic hydroxyl groups excluding tert-OH is 5. The van der Waals surface area contributed by atoms with Gasteiger partial charge in [0, 0.05) is 0 Å². The molecule has 0 rings (SSSR count). The molecule has 0 aromatic heterocycles. The van der Waals surface area contributed by atoms with Gasteiger partial charge in [0.2, 0.25) is 0 Å². The highest BCUT2D eigenvalue weighted by Crippen LogP contribution is 2.08. The molecule has 1 unspecified atom stereocenters. The van der Waals surface area contributed by atoms with Gasteiger partial charge in [-0.15, -0.1) is 0 Å². The lowest BCUT2D eigenvalue weighted by atomic mass is 10.0. The van der Waals surface area contributed by atoms with E-state index >= 15 is 0 Å². The zero-order valence-corrected chi connectivity index (χ0v) is 12.1. The number of carbonyl (C=O) groups is 2. The fourth-order valence-corrected chi connectivity index (χ4v) is 1.54. The molecular formula is C12H23NO8. The van der Waals surface area contributed by atoms with Crippen molar-refractivity contribution in [2.45, 2.75) is 44.3 Å². The van der Waals surface area contributed by atoms with E-state index in [0.29, 0.717) is 0 Å². The van der Waals surface area contributed by atoms with Crippen LogP contribution in [0, 0.1) is 5.92 Å². The molecule has 0 radical (unpaired) electrons. The molecule has 0 aliphatic carbocycles. The van der Waals surface area contributed by atoms with Crippen LogP contribution in [-0.2, 0) is 14.3 Å². The molecule has 0 aromatic carbocycles. The minimum atomic E-state index is -2.09. The van der Waals surface area contributed by atoms with E-state index in [-0.39, 0.29) is 5.92 Å². The summed E-state index contributed by atoms with van der Waals surface area (Å²) in [5.41, 5.74) is 0. The van der Waals surface area contributed by atoms with Crippen molar-refractivity contribution < 1.29 is 39.9 Å². The van der Waals surface area contributed by atoms with Crippen molar-refractivity contribution in [1.29, 1.82) is 0 Å². The van der Waals surface area contributed by atoms with Gasteiger partial charge in [-0.2, -0.15) is 0 Å². The first-order chi connectivity index (χ1) is 9.67.